The topological polar surface area (TPSA) is 30.9 Å². The van der Waals surface area contributed by atoms with E-state index in [1.54, 1.807) is 18.2 Å². The molecule has 0 bridgehead atoms. The Labute approximate surface area is 161 Å². The third-order valence-corrected chi connectivity index (χ3v) is 6.30. The zero-order valence-corrected chi connectivity index (χ0v) is 15.9. The van der Waals surface area contributed by atoms with Crippen LogP contribution in [0, 0.1) is 0 Å². The SMILES string of the molecule is COc1ccccc1OC1COC2(C1)CN(CC1CCc3ccccc31)C2. The molecule has 0 N–H and O–H groups in total. The van der Waals surface area contributed by atoms with Gasteiger partial charge in [-0.25, -0.2) is 0 Å². The van der Waals surface area contributed by atoms with Gasteiger partial charge in [0, 0.05) is 26.1 Å². The minimum Gasteiger partial charge on any atom is -0.493 e. The Morgan fingerprint density at radius 1 is 1.07 bits per heavy atom. The minimum absolute atomic E-state index is 0.00912. The Balaban J connectivity index is 1.16. The van der Waals surface area contributed by atoms with Crippen molar-refractivity contribution >= 4 is 0 Å². The summed E-state index contributed by atoms with van der Waals surface area (Å²) in [6.45, 7) is 3.87. The number of nitrogens with zero attached hydrogens (tertiary/aromatic N) is 1. The second-order valence-corrected chi connectivity index (χ2v) is 8.19. The van der Waals surface area contributed by atoms with Crippen LogP contribution in [0.4, 0.5) is 0 Å². The molecule has 2 fully saturated rings. The third kappa shape index (κ3) is 3.21. The Bertz CT molecular complexity index is 815. The summed E-state index contributed by atoms with van der Waals surface area (Å²) in [6.07, 6.45) is 3.58. The van der Waals surface area contributed by atoms with Crippen LogP contribution in [0.2, 0.25) is 0 Å². The van der Waals surface area contributed by atoms with Crippen molar-refractivity contribution in [3.63, 3.8) is 0 Å². The number of likely N-dealkylation sites (tertiary alicyclic amines) is 1. The molecule has 2 unspecified atom stereocenters. The Morgan fingerprint density at radius 3 is 2.70 bits per heavy atom. The number of methoxy groups -OCH3 is 1. The number of hydrogen-bond acceptors (Lipinski definition) is 4. The van der Waals surface area contributed by atoms with Crippen LogP contribution in [0.25, 0.3) is 0 Å². The van der Waals surface area contributed by atoms with E-state index >= 15 is 0 Å². The van der Waals surface area contributed by atoms with Crippen molar-refractivity contribution in [1.29, 1.82) is 0 Å². The van der Waals surface area contributed by atoms with Gasteiger partial charge in [0.15, 0.2) is 11.5 Å². The Kier molecular flexibility index (Phi) is 4.33. The van der Waals surface area contributed by atoms with E-state index in [4.69, 9.17) is 14.2 Å². The molecule has 2 aromatic rings. The monoisotopic (exact) mass is 365 g/mol. The predicted molar refractivity (Wildman–Crippen MR) is 105 cm³/mol. The van der Waals surface area contributed by atoms with Gasteiger partial charge in [0.05, 0.1) is 19.3 Å². The quantitative estimate of drug-likeness (QED) is 0.809. The van der Waals surface area contributed by atoms with Gasteiger partial charge in [-0.1, -0.05) is 36.4 Å². The molecule has 2 heterocycles. The lowest BCUT2D eigenvalue weighted by atomic mass is 9.88. The summed E-state index contributed by atoms with van der Waals surface area (Å²) in [7, 11) is 1.68. The van der Waals surface area contributed by atoms with E-state index in [0.29, 0.717) is 12.5 Å². The van der Waals surface area contributed by atoms with Crippen molar-refractivity contribution in [2.24, 2.45) is 0 Å². The average Bonchev–Trinajstić information content (AvgIpc) is 3.27. The molecule has 27 heavy (non-hydrogen) atoms. The number of hydrogen-bond donors (Lipinski definition) is 0. The van der Waals surface area contributed by atoms with Gasteiger partial charge in [-0.3, -0.25) is 4.90 Å². The molecule has 2 saturated heterocycles. The highest BCUT2D eigenvalue weighted by Crippen LogP contribution is 2.40. The van der Waals surface area contributed by atoms with Crippen LogP contribution >= 0.6 is 0 Å². The average molecular weight is 365 g/mol. The van der Waals surface area contributed by atoms with Crippen LogP contribution in [-0.2, 0) is 11.2 Å². The number of fused-ring (bicyclic) bond motifs is 1. The lowest BCUT2D eigenvalue weighted by Gasteiger charge is -2.48. The van der Waals surface area contributed by atoms with Gasteiger partial charge < -0.3 is 14.2 Å². The summed E-state index contributed by atoms with van der Waals surface area (Å²) < 4.78 is 17.8. The molecule has 1 aliphatic carbocycles. The number of para-hydroxylation sites is 2. The molecule has 0 radical (unpaired) electrons. The molecule has 3 aliphatic rings. The Hall–Kier alpha value is -2.04. The highest BCUT2D eigenvalue weighted by atomic mass is 16.6. The molecular formula is C23H27NO3. The second kappa shape index (κ2) is 6.84. The van der Waals surface area contributed by atoms with Crippen molar-refractivity contribution in [2.75, 3.05) is 33.4 Å². The van der Waals surface area contributed by atoms with E-state index in [9.17, 15) is 0 Å². The van der Waals surface area contributed by atoms with Gasteiger partial charge in [0.1, 0.15) is 6.10 Å². The first kappa shape index (κ1) is 17.1. The van der Waals surface area contributed by atoms with Crippen LogP contribution in [0.1, 0.15) is 29.9 Å². The number of rotatable bonds is 5. The maximum absolute atomic E-state index is 6.19. The Morgan fingerprint density at radius 2 is 1.85 bits per heavy atom. The molecule has 0 aromatic heterocycles. The molecule has 0 saturated carbocycles. The van der Waals surface area contributed by atoms with E-state index in [0.717, 1.165) is 37.6 Å². The number of aryl methyl sites for hydroxylation is 1. The van der Waals surface area contributed by atoms with Crippen LogP contribution < -0.4 is 9.47 Å². The molecule has 2 aliphatic heterocycles. The molecule has 5 rings (SSSR count). The molecule has 2 atom stereocenters. The third-order valence-electron chi connectivity index (χ3n) is 6.30. The van der Waals surface area contributed by atoms with Gasteiger partial charge in [0.2, 0.25) is 0 Å². The predicted octanol–water partition coefficient (Wildman–Crippen LogP) is 3.65. The standard InChI is InChI=1S/C23H27NO3/c1-25-21-8-4-5-9-22(21)27-19-12-23(26-14-19)15-24(16-23)13-18-11-10-17-6-2-3-7-20(17)18/h2-9,18-19H,10-16H2,1H3. The molecule has 2 aromatic carbocycles. The summed E-state index contributed by atoms with van der Waals surface area (Å²) in [5.41, 5.74) is 3.09. The molecule has 0 amide bonds. The van der Waals surface area contributed by atoms with Gasteiger partial charge in [-0.2, -0.15) is 0 Å². The van der Waals surface area contributed by atoms with Crippen molar-refractivity contribution < 1.29 is 14.2 Å². The summed E-state index contributed by atoms with van der Waals surface area (Å²) in [5, 5.41) is 0. The first-order valence-corrected chi connectivity index (χ1v) is 9.98. The van der Waals surface area contributed by atoms with Crippen LogP contribution in [0.5, 0.6) is 11.5 Å². The normalized spacial score (nSPS) is 26.0. The zero-order chi connectivity index (χ0) is 18.3. The maximum atomic E-state index is 6.19. The molecular weight excluding hydrogens is 338 g/mol. The molecule has 1 spiro atoms. The van der Waals surface area contributed by atoms with Crippen molar-refractivity contribution in [1.82, 2.24) is 4.90 Å². The fourth-order valence-corrected chi connectivity index (χ4v) is 5.04. The van der Waals surface area contributed by atoms with E-state index in [1.807, 2.05) is 24.3 Å². The van der Waals surface area contributed by atoms with Crippen molar-refractivity contribution in [3.05, 3.63) is 59.7 Å². The first-order chi connectivity index (χ1) is 13.2. The minimum atomic E-state index is -0.00912. The lowest BCUT2D eigenvalue weighted by molar-refractivity contribution is -0.112. The lowest BCUT2D eigenvalue weighted by Crippen LogP contribution is -2.62. The second-order valence-electron chi connectivity index (χ2n) is 8.19. The zero-order valence-electron chi connectivity index (χ0n) is 15.9. The van der Waals surface area contributed by atoms with Gasteiger partial charge >= 0.3 is 0 Å². The largest absolute Gasteiger partial charge is 0.493 e. The fourth-order valence-electron chi connectivity index (χ4n) is 5.04. The highest BCUT2D eigenvalue weighted by molar-refractivity contribution is 5.39. The van der Waals surface area contributed by atoms with Crippen LogP contribution in [0.3, 0.4) is 0 Å². The summed E-state index contributed by atoms with van der Waals surface area (Å²) in [6, 6.07) is 16.8. The number of benzene rings is 2. The molecule has 4 nitrogen and oxygen atoms in total. The smallest absolute Gasteiger partial charge is 0.161 e. The first-order valence-electron chi connectivity index (χ1n) is 9.98. The van der Waals surface area contributed by atoms with Crippen molar-refractivity contribution in [3.8, 4) is 11.5 Å². The maximum Gasteiger partial charge on any atom is 0.161 e. The summed E-state index contributed by atoms with van der Waals surface area (Å²) >= 11 is 0. The van der Waals surface area contributed by atoms with Gasteiger partial charge in [0.25, 0.3) is 0 Å². The molecule has 142 valence electrons. The summed E-state index contributed by atoms with van der Waals surface area (Å²) in [4.78, 5) is 2.55. The van der Waals surface area contributed by atoms with Crippen molar-refractivity contribution in [2.45, 2.75) is 36.9 Å². The van der Waals surface area contributed by atoms with Crippen LogP contribution in [0.15, 0.2) is 48.5 Å². The fraction of sp³-hybridized carbons (Fsp3) is 0.478. The van der Waals surface area contributed by atoms with E-state index in [2.05, 4.69) is 29.2 Å². The van der Waals surface area contributed by atoms with Gasteiger partial charge in [-0.15, -0.1) is 0 Å². The van der Waals surface area contributed by atoms with E-state index < -0.39 is 0 Å². The summed E-state index contributed by atoms with van der Waals surface area (Å²) in [5.74, 6) is 2.28. The van der Waals surface area contributed by atoms with E-state index in [1.165, 1.54) is 12.8 Å². The highest BCUT2D eigenvalue weighted by Gasteiger charge is 2.50. The van der Waals surface area contributed by atoms with E-state index in [-0.39, 0.29) is 11.7 Å². The van der Waals surface area contributed by atoms with Crippen LogP contribution in [-0.4, -0.2) is 50.0 Å². The van der Waals surface area contributed by atoms with Gasteiger partial charge in [-0.05, 0) is 42.0 Å². The molecule has 4 heteroatoms. The number of ether oxygens (including phenoxy) is 3.